The number of rotatable bonds is 6. The summed E-state index contributed by atoms with van der Waals surface area (Å²) in [5.41, 5.74) is 6.51. The fraction of sp³-hybridized carbons (Fsp3) is 0.136. The molecule has 35 heavy (non-hydrogen) atoms. The zero-order valence-electron chi connectivity index (χ0n) is 18.0. The number of nitrogen functional groups attached to an aromatic ring is 1. The van der Waals surface area contributed by atoms with Gasteiger partial charge in [0.25, 0.3) is 0 Å². The number of fused-ring (bicyclic) bond motifs is 1. The summed E-state index contributed by atoms with van der Waals surface area (Å²) in [6, 6.07) is 10.1. The molecule has 4 aromatic rings. The van der Waals surface area contributed by atoms with Gasteiger partial charge in [-0.3, -0.25) is 4.72 Å². The topological polar surface area (TPSA) is 120 Å². The van der Waals surface area contributed by atoms with E-state index < -0.39 is 33.5 Å². The van der Waals surface area contributed by atoms with Crippen LogP contribution in [0.15, 0.2) is 54.9 Å². The second-order valence-corrected chi connectivity index (χ2v) is 9.19. The maximum Gasteiger partial charge on any atom is 0.404 e. The average Bonchev–Trinajstić information content (AvgIpc) is 2.76. The second-order valence-electron chi connectivity index (χ2n) is 7.46. The van der Waals surface area contributed by atoms with E-state index in [2.05, 4.69) is 15.0 Å². The van der Waals surface area contributed by atoms with Gasteiger partial charge in [-0.25, -0.2) is 27.8 Å². The Bertz CT molecular complexity index is 1530. The lowest BCUT2D eigenvalue weighted by atomic mass is 10.0. The number of ether oxygens (including phenoxy) is 1. The van der Waals surface area contributed by atoms with Crippen LogP contribution in [0.5, 0.6) is 11.6 Å². The second kappa shape index (κ2) is 8.98. The molecular weight excluding hydrogens is 490 g/mol. The van der Waals surface area contributed by atoms with E-state index >= 15 is 0 Å². The Morgan fingerprint density at radius 2 is 1.77 bits per heavy atom. The Hall–Kier alpha value is -4.00. The van der Waals surface area contributed by atoms with E-state index in [1.165, 1.54) is 30.6 Å². The van der Waals surface area contributed by atoms with Gasteiger partial charge in [-0.05, 0) is 42.8 Å². The molecule has 0 aliphatic carbocycles. The minimum Gasteiger partial charge on any atom is -0.437 e. The molecule has 0 aliphatic heterocycles. The smallest absolute Gasteiger partial charge is 0.404 e. The predicted molar refractivity (Wildman–Crippen MR) is 122 cm³/mol. The number of benzene rings is 2. The number of hydrogen-bond donors (Lipinski definition) is 2. The van der Waals surface area contributed by atoms with Gasteiger partial charge in [0.1, 0.15) is 11.6 Å². The van der Waals surface area contributed by atoms with Crippen LogP contribution in [0.1, 0.15) is 5.56 Å². The third-order valence-electron chi connectivity index (χ3n) is 4.83. The van der Waals surface area contributed by atoms with Crippen molar-refractivity contribution in [3.63, 3.8) is 0 Å². The van der Waals surface area contributed by atoms with Gasteiger partial charge in [0.15, 0.2) is 5.75 Å². The molecule has 0 saturated heterocycles. The number of pyridine rings is 1. The highest BCUT2D eigenvalue weighted by molar-refractivity contribution is 7.92. The molecule has 2 aromatic heterocycles. The van der Waals surface area contributed by atoms with Gasteiger partial charge in [-0.15, -0.1) is 0 Å². The Morgan fingerprint density at radius 3 is 2.49 bits per heavy atom. The van der Waals surface area contributed by atoms with Gasteiger partial charge in [0, 0.05) is 23.2 Å². The van der Waals surface area contributed by atoms with E-state index in [1.54, 1.807) is 29.8 Å². The zero-order chi connectivity index (χ0) is 25.4. The van der Waals surface area contributed by atoms with Crippen molar-refractivity contribution in [2.75, 3.05) is 16.2 Å². The first kappa shape index (κ1) is 24.1. The minimum atomic E-state index is -5.00. The van der Waals surface area contributed by atoms with Gasteiger partial charge in [0.05, 0.1) is 16.9 Å². The largest absolute Gasteiger partial charge is 0.437 e. The molecule has 2 aromatic carbocycles. The number of hydrogen-bond acceptors (Lipinski definition) is 7. The van der Waals surface area contributed by atoms with Crippen LogP contribution in [0.4, 0.5) is 29.2 Å². The highest BCUT2D eigenvalue weighted by Crippen LogP contribution is 2.39. The predicted octanol–water partition coefficient (Wildman–Crippen LogP) is 4.82. The molecule has 0 amide bonds. The molecule has 13 heteroatoms. The van der Waals surface area contributed by atoms with Crippen LogP contribution in [-0.4, -0.2) is 35.3 Å². The number of sulfonamides is 1. The Balaban J connectivity index is 1.81. The molecular formula is C22H17F4N5O3S. The molecule has 3 N–H and O–H groups in total. The maximum absolute atomic E-state index is 14.6. The Kier molecular flexibility index (Phi) is 6.19. The minimum absolute atomic E-state index is 0.000103. The Labute approximate surface area is 196 Å². The molecule has 182 valence electrons. The quantitative estimate of drug-likeness (QED) is 0.359. The highest BCUT2D eigenvalue weighted by atomic mass is 32.2. The number of nitrogens with zero attached hydrogens (tertiary/aromatic N) is 3. The molecule has 0 unspecified atom stereocenters. The molecule has 0 saturated carbocycles. The van der Waals surface area contributed by atoms with Crippen molar-refractivity contribution in [2.45, 2.75) is 13.1 Å². The standard InChI is InChI=1S/C22H17F4N5O3S/c1-12-4-5-13-14(6-7-16(23)18(13)31-35(32,33)11-22(24,25)26)19(12)34-20-15(3-2-9-28-20)17-8-10-29-21(27)30-17/h2-10,31H,11H2,1H3,(H2,27,29,30). The van der Waals surface area contributed by atoms with Gasteiger partial charge in [-0.1, -0.05) is 12.1 Å². The van der Waals surface area contributed by atoms with E-state index in [4.69, 9.17) is 10.5 Å². The summed E-state index contributed by atoms with van der Waals surface area (Å²) >= 11 is 0. The molecule has 2 heterocycles. The lowest BCUT2D eigenvalue weighted by molar-refractivity contribution is -0.106. The number of aryl methyl sites for hydroxylation is 1. The number of nitrogens with one attached hydrogen (secondary N) is 1. The third-order valence-corrected chi connectivity index (χ3v) is 6.05. The van der Waals surface area contributed by atoms with Crippen molar-refractivity contribution in [3.8, 4) is 22.9 Å². The van der Waals surface area contributed by atoms with E-state index in [-0.39, 0.29) is 28.4 Å². The van der Waals surface area contributed by atoms with Crippen molar-refractivity contribution in [1.82, 2.24) is 15.0 Å². The molecule has 0 spiro atoms. The van der Waals surface area contributed by atoms with E-state index in [0.717, 1.165) is 6.07 Å². The fourth-order valence-electron chi connectivity index (χ4n) is 3.39. The highest BCUT2D eigenvalue weighted by Gasteiger charge is 2.35. The monoisotopic (exact) mass is 507 g/mol. The summed E-state index contributed by atoms with van der Waals surface area (Å²) in [4.78, 5) is 12.2. The summed E-state index contributed by atoms with van der Waals surface area (Å²) in [5.74, 6) is -2.87. The molecule has 0 fully saturated rings. The van der Waals surface area contributed by atoms with Crippen molar-refractivity contribution in [3.05, 3.63) is 66.2 Å². The van der Waals surface area contributed by atoms with Crippen LogP contribution < -0.4 is 15.2 Å². The van der Waals surface area contributed by atoms with Crippen molar-refractivity contribution >= 4 is 32.4 Å². The number of halogens is 4. The molecule has 4 rings (SSSR count). The first-order valence-corrected chi connectivity index (χ1v) is 11.6. The lowest BCUT2D eigenvalue weighted by Gasteiger charge is -2.17. The molecule has 0 bridgehead atoms. The summed E-state index contributed by atoms with van der Waals surface area (Å²) in [6.45, 7) is 1.69. The molecule has 8 nitrogen and oxygen atoms in total. The van der Waals surface area contributed by atoms with Crippen molar-refractivity contribution in [1.29, 1.82) is 0 Å². The van der Waals surface area contributed by atoms with Crippen LogP contribution in [0, 0.1) is 12.7 Å². The van der Waals surface area contributed by atoms with Gasteiger partial charge in [-0.2, -0.15) is 13.2 Å². The fourth-order valence-corrected chi connectivity index (χ4v) is 4.42. The van der Waals surface area contributed by atoms with Gasteiger partial charge >= 0.3 is 6.18 Å². The van der Waals surface area contributed by atoms with E-state index in [0.29, 0.717) is 16.8 Å². The molecule has 0 radical (unpaired) electrons. The number of nitrogens with two attached hydrogens (primary N) is 1. The van der Waals surface area contributed by atoms with E-state index in [1.807, 2.05) is 0 Å². The average molecular weight is 507 g/mol. The maximum atomic E-state index is 14.6. The van der Waals surface area contributed by atoms with Gasteiger partial charge in [0.2, 0.25) is 21.9 Å². The SMILES string of the molecule is Cc1ccc2c(NS(=O)(=O)CC(F)(F)F)c(F)ccc2c1Oc1ncccc1-c1ccnc(N)n1. The van der Waals surface area contributed by atoms with Gasteiger partial charge < -0.3 is 10.5 Å². The van der Waals surface area contributed by atoms with E-state index in [9.17, 15) is 26.0 Å². The Morgan fingerprint density at radius 1 is 1.03 bits per heavy atom. The first-order chi connectivity index (χ1) is 16.4. The summed E-state index contributed by atoms with van der Waals surface area (Å²) in [5, 5.41) is 0.245. The molecule has 0 atom stereocenters. The van der Waals surface area contributed by atoms with Crippen molar-refractivity contribution in [2.24, 2.45) is 0 Å². The van der Waals surface area contributed by atoms with Crippen LogP contribution in [0.2, 0.25) is 0 Å². The summed E-state index contributed by atoms with van der Waals surface area (Å²) in [7, 11) is -4.93. The number of alkyl halides is 3. The van der Waals surface area contributed by atoms with Crippen molar-refractivity contribution < 1.29 is 30.7 Å². The van der Waals surface area contributed by atoms with Crippen LogP contribution in [0.3, 0.4) is 0 Å². The normalized spacial score (nSPS) is 12.0. The van der Waals surface area contributed by atoms with Crippen LogP contribution in [0.25, 0.3) is 22.0 Å². The molecule has 0 aliphatic rings. The summed E-state index contributed by atoms with van der Waals surface area (Å²) < 4.78 is 84.4. The zero-order valence-corrected chi connectivity index (χ0v) is 18.8. The number of anilines is 2. The number of aromatic nitrogens is 3. The van der Waals surface area contributed by atoms with Crippen LogP contribution in [-0.2, 0) is 10.0 Å². The first-order valence-electron chi connectivity index (χ1n) is 9.94. The van der Waals surface area contributed by atoms with Crippen LogP contribution >= 0.6 is 0 Å². The third kappa shape index (κ3) is 5.40. The lowest BCUT2D eigenvalue weighted by Crippen LogP contribution is -2.28. The summed E-state index contributed by atoms with van der Waals surface area (Å²) in [6.07, 6.45) is -2.07.